The van der Waals surface area contributed by atoms with Crippen LogP contribution in [-0.2, 0) is 17.8 Å². The Morgan fingerprint density at radius 3 is 3.00 bits per heavy atom. The van der Waals surface area contributed by atoms with Gasteiger partial charge in [0.15, 0.2) is 0 Å². The highest BCUT2D eigenvalue weighted by Crippen LogP contribution is 2.22. The molecule has 0 bridgehead atoms. The number of benzene rings is 1. The van der Waals surface area contributed by atoms with Gasteiger partial charge in [-0.05, 0) is 18.7 Å². The predicted octanol–water partition coefficient (Wildman–Crippen LogP) is 1.43. The Hall–Kier alpha value is -1.36. The van der Waals surface area contributed by atoms with Crippen molar-refractivity contribution < 1.29 is 4.74 Å². The topological polar surface area (TPSA) is 43.4 Å². The van der Waals surface area contributed by atoms with Crippen molar-refractivity contribution in [2.45, 2.75) is 19.2 Å². The summed E-state index contributed by atoms with van der Waals surface area (Å²) >= 11 is 0. The minimum Gasteiger partial charge on any atom is -0.374 e. The highest BCUT2D eigenvalue weighted by atomic mass is 16.5. The van der Waals surface area contributed by atoms with Crippen LogP contribution in [0, 0.1) is 0 Å². The number of nitrogens with two attached hydrogens (primary N) is 1. The Morgan fingerprint density at radius 1 is 1.37 bits per heavy atom. The van der Waals surface area contributed by atoms with Crippen molar-refractivity contribution in [3.8, 4) is 0 Å². The molecule has 3 rings (SSSR count). The first-order valence-corrected chi connectivity index (χ1v) is 6.85. The van der Waals surface area contributed by atoms with E-state index < -0.39 is 0 Å². The summed E-state index contributed by atoms with van der Waals surface area (Å²) in [6.45, 7) is 4.31. The molecule has 19 heavy (non-hydrogen) atoms. The Kier molecular flexibility index (Phi) is 3.55. The molecule has 2 heterocycles. The van der Waals surface area contributed by atoms with E-state index in [0.29, 0.717) is 6.54 Å². The van der Waals surface area contributed by atoms with Crippen LogP contribution in [0.3, 0.4) is 0 Å². The third-order valence-corrected chi connectivity index (χ3v) is 3.83. The number of fused-ring (bicyclic) bond motifs is 1. The fourth-order valence-corrected chi connectivity index (χ4v) is 2.83. The lowest BCUT2D eigenvalue weighted by molar-refractivity contribution is -0.0269. The van der Waals surface area contributed by atoms with E-state index in [1.165, 1.54) is 16.5 Å². The molecule has 1 fully saturated rings. The molecule has 1 aromatic heterocycles. The molecule has 1 aliphatic heterocycles. The molecule has 0 radical (unpaired) electrons. The molecule has 1 aliphatic rings. The van der Waals surface area contributed by atoms with Crippen LogP contribution in [-0.4, -0.2) is 42.3 Å². The van der Waals surface area contributed by atoms with E-state index in [-0.39, 0.29) is 6.10 Å². The Balaban J connectivity index is 1.88. The zero-order valence-electron chi connectivity index (χ0n) is 11.4. The minimum atomic E-state index is 0.264. The van der Waals surface area contributed by atoms with E-state index in [4.69, 9.17) is 10.5 Å². The van der Waals surface area contributed by atoms with E-state index in [1.54, 1.807) is 0 Å². The molecular formula is C15H21N3O. The summed E-state index contributed by atoms with van der Waals surface area (Å²) in [5.41, 5.74) is 8.29. The maximum atomic E-state index is 5.85. The number of aromatic nitrogens is 1. The standard InChI is InChI=1S/C15H21N3O/c1-17-6-7-19-13(10-17)11-18-9-12(8-16)14-4-2-3-5-15(14)18/h2-5,9,13H,6-8,10-11,16H2,1H3. The second-order valence-corrected chi connectivity index (χ2v) is 5.28. The molecule has 1 unspecified atom stereocenters. The van der Waals surface area contributed by atoms with E-state index in [2.05, 4.69) is 47.0 Å². The van der Waals surface area contributed by atoms with Crippen molar-refractivity contribution in [2.75, 3.05) is 26.7 Å². The summed E-state index contributed by atoms with van der Waals surface area (Å²) in [7, 11) is 2.15. The maximum absolute atomic E-state index is 5.85. The second kappa shape index (κ2) is 5.33. The van der Waals surface area contributed by atoms with Crippen LogP contribution in [0.5, 0.6) is 0 Å². The fraction of sp³-hybridized carbons (Fsp3) is 0.467. The Bertz CT molecular complexity index is 564. The van der Waals surface area contributed by atoms with Gasteiger partial charge >= 0.3 is 0 Å². The quantitative estimate of drug-likeness (QED) is 0.907. The summed E-state index contributed by atoms with van der Waals surface area (Å²) in [5.74, 6) is 0. The summed E-state index contributed by atoms with van der Waals surface area (Å²) < 4.78 is 8.13. The summed E-state index contributed by atoms with van der Waals surface area (Å²) in [6.07, 6.45) is 2.43. The van der Waals surface area contributed by atoms with Gasteiger partial charge in [0, 0.05) is 36.7 Å². The number of nitrogens with zero attached hydrogens (tertiary/aromatic N) is 2. The van der Waals surface area contributed by atoms with Crippen molar-refractivity contribution >= 4 is 10.9 Å². The summed E-state index contributed by atoms with van der Waals surface area (Å²) in [5, 5.41) is 1.26. The van der Waals surface area contributed by atoms with Crippen LogP contribution in [0.15, 0.2) is 30.5 Å². The normalized spacial score (nSPS) is 21.1. The molecular weight excluding hydrogens is 238 g/mol. The van der Waals surface area contributed by atoms with Crippen LogP contribution in [0.25, 0.3) is 10.9 Å². The average molecular weight is 259 g/mol. The van der Waals surface area contributed by atoms with Crippen LogP contribution in [0.2, 0.25) is 0 Å². The molecule has 102 valence electrons. The summed E-state index contributed by atoms with van der Waals surface area (Å²) in [4.78, 5) is 2.32. The van der Waals surface area contributed by atoms with Crippen LogP contribution < -0.4 is 5.73 Å². The van der Waals surface area contributed by atoms with E-state index in [0.717, 1.165) is 26.2 Å². The SMILES string of the molecule is CN1CCOC(Cn2cc(CN)c3ccccc32)C1. The fourth-order valence-electron chi connectivity index (χ4n) is 2.83. The van der Waals surface area contributed by atoms with E-state index in [9.17, 15) is 0 Å². The molecule has 1 atom stereocenters. The molecule has 0 spiro atoms. The van der Waals surface area contributed by atoms with Crippen LogP contribution >= 0.6 is 0 Å². The van der Waals surface area contributed by atoms with Crippen molar-refractivity contribution in [2.24, 2.45) is 5.73 Å². The maximum Gasteiger partial charge on any atom is 0.0881 e. The monoisotopic (exact) mass is 259 g/mol. The van der Waals surface area contributed by atoms with Gasteiger partial charge in [-0.1, -0.05) is 18.2 Å². The first-order valence-electron chi connectivity index (χ1n) is 6.85. The first kappa shape index (κ1) is 12.7. The average Bonchev–Trinajstić information content (AvgIpc) is 2.77. The van der Waals surface area contributed by atoms with Gasteiger partial charge in [0.1, 0.15) is 0 Å². The molecule has 2 aromatic rings. The molecule has 2 N–H and O–H groups in total. The first-order chi connectivity index (χ1) is 9.28. The van der Waals surface area contributed by atoms with Gasteiger partial charge in [-0.3, -0.25) is 0 Å². The van der Waals surface area contributed by atoms with Crippen molar-refractivity contribution in [1.29, 1.82) is 0 Å². The van der Waals surface area contributed by atoms with Gasteiger partial charge in [-0.15, -0.1) is 0 Å². The van der Waals surface area contributed by atoms with E-state index >= 15 is 0 Å². The minimum absolute atomic E-state index is 0.264. The van der Waals surface area contributed by atoms with Crippen LogP contribution in [0.4, 0.5) is 0 Å². The van der Waals surface area contributed by atoms with Crippen molar-refractivity contribution in [1.82, 2.24) is 9.47 Å². The Morgan fingerprint density at radius 2 is 2.21 bits per heavy atom. The third-order valence-electron chi connectivity index (χ3n) is 3.83. The van der Waals surface area contributed by atoms with Gasteiger partial charge in [-0.2, -0.15) is 0 Å². The number of para-hydroxylation sites is 1. The lowest BCUT2D eigenvalue weighted by atomic mass is 10.2. The number of hydrogen-bond acceptors (Lipinski definition) is 3. The number of ether oxygens (including phenoxy) is 1. The van der Waals surface area contributed by atoms with Gasteiger partial charge in [0.2, 0.25) is 0 Å². The van der Waals surface area contributed by atoms with Gasteiger partial charge in [0.25, 0.3) is 0 Å². The predicted molar refractivity (Wildman–Crippen MR) is 77.1 cm³/mol. The Labute approximate surface area is 113 Å². The second-order valence-electron chi connectivity index (χ2n) is 5.28. The van der Waals surface area contributed by atoms with Gasteiger partial charge in [-0.25, -0.2) is 0 Å². The smallest absolute Gasteiger partial charge is 0.0881 e. The zero-order chi connectivity index (χ0) is 13.2. The van der Waals surface area contributed by atoms with E-state index in [1.807, 2.05) is 0 Å². The molecule has 4 heteroatoms. The molecule has 1 saturated heterocycles. The van der Waals surface area contributed by atoms with Gasteiger partial charge < -0.3 is 19.9 Å². The lowest BCUT2D eigenvalue weighted by Gasteiger charge is -2.30. The zero-order valence-corrected chi connectivity index (χ0v) is 11.4. The van der Waals surface area contributed by atoms with Crippen LogP contribution in [0.1, 0.15) is 5.56 Å². The number of rotatable bonds is 3. The number of hydrogen-bond donors (Lipinski definition) is 1. The molecule has 0 aliphatic carbocycles. The molecule has 1 aromatic carbocycles. The highest BCUT2D eigenvalue weighted by Gasteiger charge is 2.19. The lowest BCUT2D eigenvalue weighted by Crippen LogP contribution is -2.41. The largest absolute Gasteiger partial charge is 0.374 e. The van der Waals surface area contributed by atoms with Crippen molar-refractivity contribution in [3.05, 3.63) is 36.0 Å². The number of morpholine rings is 1. The van der Waals surface area contributed by atoms with Crippen molar-refractivity contribution in [3.63, 3.8) is 0 Å². The third kappa shape index (κ3) is 2.52. The number of likely N-dealkylation sites (N-methyl/N-ethyl adjacent to an activating group) is 1. The molecule has 0 amide bonds. The molecule has 0 saturated carbocycles. The van der Waals surface area contributed by atoms with Gasteiger partial charge in [0.05, 0.1) is 19.3 Å². The highest BCUT2D eigenvalue weighted by molar-refractivity contribution is 5.83. The summed E-state index contributed by atoms with van der Waals surface area (Å²) in [6, 6.07) is 8.44. The molecule has 4 nitrogen and oxygen atoms in total.